The number of likely N-dealkylation sites (tertiary alicyclic amines) is 1. The summed E-state index contributed by atoms with van der Waals surface area (Å²) in [6.07, 6.45) is 1.98. The Balaban J connectivity index is 1.51. The van der Waals surface area contributed by atoms with Gasteiger partial charge in [-0.1, -0.05) is 30.3 Å². The van der Waals surface area contributed by atoms with Crippen LogP contribution < -0.4 is 5.32 Å². The first-order valence-electron chi connectivity index (χ1n) is 9.05. The lowest BCUT2D eigenvalue weighted by molar-refractivity contribution is -0.138. The van der Waals surface area contributed by atoms with Crippen molar-refractivity contribution < 1.29 is 14.3 Å². The smallest absolute Gasteiger partial charge is 0.242 e. The van der Waals surface area contributed by atoms with Gasteiger partial charge in [-0.15, -0.1) is 0 Å². The van der Waals surface area contributed by atoms with Crippen LogP contribution in [0.4, 0.5) is 0 Å². The highest BCUT2D eigenvalue weighted by atomic mass is 16.5. The van der Waals surface area contributed by atoms with Crippen LogP contribution in [0.5, 0.6) is 0 Å². The predicted octanol–water partition coefficient (Wildman–Crippen LogP) is 0.667. The van der Waals surface area contributed by atoms with Crippen molar-refractivity contribution in [3.05, 3.63) is 35.9 Å². The van der Waals surface area contributed by atoms with Gasteiger partial charge in [-0.25, -0.2) is 0 Å². The van der Waals surface area contributed by atoms with Crippen LogP contribution in [0.1, 0.15) is 18.4 Å². The van der Waals surface area contributed by atoms with Crippen LogP contribution in [0.25, 0.3) is 0 Å². The van der Waals surface area contributed by atoms with E-state index in [-0.39, 0.29) is 24.0 Å². The molecule has 2 atom stereocenters. The largest absolute Gasteiger partial charge is 0.374 e. The van der Waals surface area contributed by atoms with Gasteiger partial charge in [0.2, 0.25) is 11.8 Å². The summed E-state index contributed by atoms with van der Waals surface area (Å²) in [5, 5.41) is 2.98. The van der Waals surface area contributed by atoms with E-state index in [1.54, 1.807) is 4.90 Å². The van der Waals surface area contributed by atoms with Gasteiger partial charge in [-0.05, 0) is 25.5 Å². The van der Waals surface area contributed by atoms with Crippen molar-refractivity contribution in [3.8, 4) is 0 Å². The number of morpholine rings is 1. The molecule has 6 heteroatoms. The Morgan fingerprint density at radius 3 is 2.80 bits per heavy atom. The van der Waals surface area contributed by atoms with Crippen molar-refractivity contribution in [1.82, 2.24) is 15.1 Å². The van der Waals surface area contributed by atoms with Gasteiger partial charge in [0.15, 0.2) is 0 Å². The van der Waals surface area contributed by atoms with E-state index in [1.807, 2.05) is 30.3 Å². The fourth-order valence-electron chi connectivity index (χ4n) is 3.53. The molecule has 1 N–H and O–H groups in total. The van der Waals surface area contributed by atoms with Crippen molar-refractivity contribution in [3.63, 3.8) is 0 Å². The Bertz CT molecular complexity index is 593. The molecule has 25 heavy (non-hydrogen) atoms. The minimum absolute atomic E-state index is 0.0255. The van der Waals surface area contributed by atoms with Crippen molar-refractivity contribution in [2.24, 2.45) is 0 Å². The quantitative estimate of drug-likeness (QED) is 0.852. The third-order valence-electron chi connectivity index (χ3n) is 4.92. The molecular weight excluding hydrogens is 318 g/mol. The molecule has 1 aromatic rings. The summed E-state index contributed by atoms with van der Waals surface area (Å²) in [5.41, 5.74) is 0.984. The predicted molar refractivity (Wildman–Crippen MR) is 95.1 cm³/mol. The van der Waals surface area contributed by atoms with Crippen LogP contribution in [0.15, 0.2) is 30.3 Å². The van der Waals surface area contributed by atoms with E-state index >= 15 is 0 Å². The Hall–Kier alpha value is -1.92. The second-order valence-corrected chi connectivity index (χ2v) is 6.91. The third kappa shape index (κ3) is 4.80. The molecule has 0 bridgehead atoms. The number of amides is 2. The molecule has 0 radical (unpaired) electrons. The monoisotopic (exact) mass is 345 g/mol. The van der Waals surface area contributed by atoms with Gasteiger partial charge in [0.1, 0.15) is 6.04 Å². The molecule has 2 aliphatic heterocycles. The second kappa shape index (κ2) is 8.45. The van der Waals surface area contributed by atoms with E-state index in [1.165, 1.54) is 0 Å². The maximum absolute atomic E-state index is 12.6. The summed E-state index contributed by atoms with van der Waals surface area (Å²) in [6.45, 7) is 3.60. The zero-order valence-electron chi connectivity index (χ0n) is 14.8. The number of carbonyl (C=O) groups is 2. The minimum Gasteiger partial charge on any atom is -0.374 e. The molecule has 1 aromatic carbocycles. The molecular formula is C19H27N3O3. The van der Waals surface area contributed by atoms with Gasteiger partial charge in [-0.2, -0.15) is 0 Å². The lowest BCUT2D eigenvalue weighted by atomic mass is 10.1. The fraction of sp³-hybridized carbons (Fsp3) is 0.579. The summed E-state index contributed by atoms with van der Waals surface area (Å²) in [4.78, 5) is 29.1. The maximum atomic E-state index is 12.6. The van der Waals surface area contributed by atoms with Crippen molar-refractivity contribution >= 4 is 11.8 Å². The zero-order chi connectivity index (χ0) is 17.6. The molecule has 0 aromatic heterocycles. The normalized spacial score (nSPS) is 24.3. The molecule has 2 fully saturated rings. The van der Waals surface area contributed by atoms with Crippen LogP contribution in [-0.2, 0) is 20.7 Å². The molecule has 0 spiro atoms. The van der Waals surface area contributed by atoms with Gasteiger partial charge in [0.05, 0.1) is 19.1 Å². The third-order valence-corrected chi connectivity index (χ3v) is 4.92. The molecule has 2 heterocycles. The molecule has 2 amide bonds. The van der Waals surface area contributed by atoms with Gasteiger partial charge >= 0.3 is 0 Å². The maximum Gasteiger partial charge on any atom is 0.242 e. The summed E-state index contributed by atoms with van der Waals surface area (Å²) >= 11 is 0. The first-order chi connectivity index (χ1) is 12.1. The molecule has 136 valence electrons. The van der Waals surface area contributed by atoms with Crippen LogP contribution in [-0.4, -0.2) is 73.6 Å². The average Bonchev–Trinajstić information content (AvgIpc) is 3.11. The summed E-state index contributed by atoms with van der Waals surface area (Å²) in [5.74, 6) is -0.0340. The number of likely N-dealkylation sites (N-methyl/N-ethyl adjacent to an activating group) is 1. The van der Waals surface area contributed by atoms with Gasteiger partial charge in [-0.3, -0.25) is 9.59 Å². The highest BCUT2D eigenvalue weighted by Crippen LogP contribution is 2.19. The van der Waals surface area contributed by atoms with Crippen molar-refractivity contribution in [2.75, 3.05) is 39.8 Å². The summed E-state index contributed by atoms with van der Waals surface area (Å²) in [7, 11) is 2.05. The van der Waals surface area contributed by atoms with Crippen molar-refractivity contribution in [2.45, 2.75) is 31.4 Å². The second-order valence-electron chi connectivity index (χ2n) is 6.91. The summed E-state index contributed by atoms with van der Waals surface area (Å²) in [6, 6.07) is 9.33. The van der Waals surface area contributed by atoms with Crippen LogP contribution in [0, 0.1) is 0 Å². The fourth-order valence-corrected chi connectivity index (χ4v) is 3.53. The van der Waals surface area contributed by atoms with Crippen LogP contribution >= 0.6 is 0 Å². The Morgan fingerprint density at radius 1 is 1.24 bits per heavy atom. The number of rotatable bonds is 5. The number of nitrogens with zero attached hydrogens (tertiary/aromatic N) is 2. The molecule has 2 aliphatic rings. The van der Waals surface area contributed by atoms with Gasteiger partial charge in [0.25, 0.3) is 0 Å². The van der Waals surface area contributed by atoms with E-state index in [0.717, 1.165) is 31.5 Å². The van der Waals surface area contributed by atoms with Crippen LogP contribution in [0.3, 0.4) is 0 Å². The van der Waals surface area contributed by atoms with E-state index in [9.17, 15) is 9.59 Å². The first-order valence-corrected chi connectivity index (χ1v) is 9.05. The number of hydrogen-bond donors (Lipinski definition) is 1. The van der Waals surface area contributed by atoms with E-state index < -0.39 is 0 Å². The Kier molecular flexibility index (Phi) is 6.04. The summed E-state index contributed by atoms with van der Waals surface area (Å²) < 4.78 is 5.68. The SMILES string of the molecule is CN1CCO[C@H](CNC(=O)[C@H]2CCCN2C(=O)Cc2ccccc2)C1. The Labute approximate surface area is 149 Å². The molecule has 0 saturated carbocycles. The molecule has 0 aliphatic carbocycles. The van der Waals surface area contributed by atoms with E-state index in [4.69, 9.17) is 4.74 Å². The lowest BCUT2D eigenvalue weighted by Gasteiger charge is -2.31. The standard InChI is InChI=1S/C19H27N3O3/c1-21-10-11-25-16(14-21)13-20-19(24)17-8-5-9-22(17)18(23)12-15-6-3-2-4-7-15/h2-4,6-7,16-17H,5,8-14H2,1H3,(H,20,24)/t16-,17-/m1/s1. The van der Waals surface area contributed by atoms with Gasteiger partial charge in [0, 0.05) is 26.2 Å². The lowest BCUT2D eigenvalue weighted by Crippen LogP contribution is -2.50. The van der Waals surface area contributed by atoms with E-state index in [0.29, 0.717) is 26.1 Å². The number of hydrogen-bond acceptors (Lipinski definition) is 4. The van der Waals surface area contributed by atoms with E-state index in [2.05, 4.69) is 17.3 Å². The molecule has 3 rings (SSSR count). The van der Waals surface area contributed by atoms with Crippen LogP contribution in [0.2, 0.25) is 0 Å². The molecule has 0 unspecified atom stereocenters. The first kappa shape index (κ1) is 17.9. The highest BCUT2D eigenvalue weighted by molar-refractivity contribution is 5.89. The number of benzene rings is 1. The average molecular weight is 345 g/mol. The number of ether oxygens (including phenoxy) is 1. The number of nitrogens with one attached hydrogen (secondary N) is 1. The Morgan fingerprint density at radius 2 is 2.04 bits per heavy atom. The molecule has 6 nitrogen and oxygen atoms in total. The number of carbonyl (C=O) groups excluding carboxylic acids is 2. The zero-order valence-corrected chi connectivity index (χ0v) is 14.8. The van der Waals surface area contributed by atoms with Crippen molar-refractivity contribution in [1.29, 1.82) is 0 Å². The molecule has 2 saturated heterocycles. The minimum atomic E-state index is -0.350. The topological polar surface area (TPSA) is 61.9 Å². The highest BCUT2D eigenvalue weighted by Gasteiger charge is 2.34. The van der Waals surface area contributed by atoms with Gasteiger partial charge < -0.3 is 19.9 Å².